The second-order valence-electron chi connectivity index (χ2n) is 18.3. The summed E-state index contributed by atoms with van der Waals surface area (Å²) in [6.07, 6.45) is -7.99. The second-order valence-corrected chi connectivity index (χ2v) is 18.3. The van der Waals surface area contributed by atoms with Gasteiger partial charge in [0.2, 0.25) is 0 Å². The molecule has 0 aromatic heterocycles. The van der Waals surface area contributed by atoms with Gasteiger partial charge >= 0.3 is 5.97 Å². The van der Waals surface area contributed by atoms with Crippen molar-refractivity contribution in [1.29, 1.82) is 0 Å². The Morgan fingerprint density at radius 2 is 1.63 bits per heavy atom. The van der Waals surface area contributed by atoms with Crippen molar-refractivity contribution in [2.75, 3.05) is 20.7 Å². The highest BCUT2D eigenvalue weighted by Crippen LogP contribution is 2.41. The van der Waals surface area contributed by atoms with Gasteiger partial charge in [0, 0.05) is 32.5 Å². The van der Waals surface area contributed by atoms with Gasteiger partial charge in [-0.25, -0.2) is 4.39 Å². The number of rotatable bonds is 7. The maximum atomic E-state index is 14.3. The molecule has 4 saturated heterocycles. The Morgan fingerprint density at radius 3 is 2.25 bits per heavy atom. The van der Waals surface area contributed by atoms with E-state index in [1.54, 1.807) is 53.7 Å². The highest BCUT2D eigenvalue weighted by molar-refractivity contribution is 5.79. The number of cyclic esters (lactones) is 1. The van der Waals surface area contributed by atoms with E-state index in [4.69, 9.17) is 33.2 Å². The Morgan fingerprint density at radius 1 is 0.966 bits per heavy atom. The van der Waals surface area contributed by atoms with E-state index < -0.39 is 96.0 Å². The van der Waals surface area contributed by atoms with E-state index in [1.807, 2.05) is 32.7 Å². The van der Waals surface area contributed by atoms with Gasteiger partial charge in [-0.05, 0) is 104 Å². The number of aliphatic hydroxyl groups is 4. The van der Waals surface area contributed by atoms with Gasteiger partial charge < -0.3 is 63.8 Å². The summed E-state index contributed by atoms with van der Waals surface area (Å²) < 4.78 is 58.4. The summed E-state index contributed by atoms with van der Waals surface area (Å²) in [7, 11) is 3.37. The van der Waals surface area contributed by atoms with Gasteiger partial charge in [-0.3, -0.25) is 4.79 Å². The largest absolute Gasteiger partial charge is 0.459 e. The molecular formula is C43H70FN3O12. The quantitative estimate of drug-likeness (QED) is 0.250. The maximum Gasteiger partial charge on any atom is 0.311 e. The van der Waals surface area contributed by atoms with Crippen LogP contribution in [0.5, 0.6) is 0 Å². The van der Waals surface area contributed by atoms with Crippen LogP contribution in [0.15, 0.2) is 29.3 Å². The fourth-order valence-electron chi connectivity index (χ4n) is 9.42. The van der Waals surface area contributed by atoms with E-state index in [9.17, 15) is 29.6 Å². The lowest BCUT2D eigenvalue weighted by molar-refractivity contribution is -0.313. The number of ether oxygens (including phenoxy) is 7. The van der Waals surface area contributed by atoms with Gasteiger partial charge in [-0.2, -0.15) is 4.99 Å². The summed E-state index contributed by atoms with van der Waals surface area (Å²) in [6, 6.07) is 5.25. The molecule has 15 nitrogen and oxygen atoms in total. The number of likely N-dealkylation sites (N-methyl/N-ethyl adjacent to an activating group) is 1. The van der Waals surface area contributed by atoms with Crippen molar-refractivity contribution in [3.63, 3.8) is 0 Å². The fourth-order valence-corrected chi connectivity index (χ4v) is 9.42. The number of aliphatic hydroxyl groups excluding tert-OH is 2. The maximum absolute atomic E-state index is 14.3. The van der Waals surface area contributed by atoms with Crippen LogP contribution in [0, 0.1) is 23.6 Å². The Bertz CT molecular complexity index is 1580. The summed E-state index contributed by atoms with van der Waals surface area (Å²) in [5.41, 5.74) is -3.95. The smallest absolute Gasteiger partial charge is 0.311 e. The molecule has 0 bridgehead atoms. The van der Waals surface area contributed by atoms with Gasteiger partial charge in [-0.1, -0.05) is 20.8 Å². The summed E-state index contributed by atoms with van der Waals surface area (Å²) in [6.45, 7) is 17.9. The van der Waals surface area contributed by atoms with Crippen LogP contribution in [0.3, 0.4) is 0 Å². The summed E-state index contributed by atoms with van der Waals surface area (Å²) >= 11 is 0. The van der Waals surface area contributed by atoms with Crippen LogP contribution in [-0.4, -0.2) is 148 Å². The van der Waals surface area contributed by atoms with Crippen LogP contribution in [0.25, 0.3) is 0 Å². The van der Waals surface area contributed by atoms with Crippen molar-refractivity contribution in [3.8, 4) is 0 Å². The van der Waals surface area contributed by atoms with Gasteiger partial charge in [0.05, 0.1) is 53.3 Å². The fraction of sp³-hybridized carbons (Fsp3) is 0.814. The van der Waals surface area contributed by atoms with Gasteiger partial charge in [0.15, 0.2) is 18.7 Å². The summed E-state index contributed by atoms with van der Waals surface area (Å²) in [5, 5.41) is 50.1. The Balaban J connectivity index is 1.56. The minimum atomic E-state index is -1.82. The van der Waals surface area contributed by atoms with Crippen LogP contribution in [-0.2, 0) is 38.0 Å². The number of carbonyl (C=O) groups excluding carboxylic acids is 1. The molecule has 16 heteroatoms. The van der Waals surface area contributed by atoms with Crippen molar-refractivity contribution >= 4 is 17.7 Å². The van der Waals surface area contributed by atoms with Crippen molar-refractivity contribution in [3.05, 3.63) is 30.1 Å². The third-order valence-corrected chi connectivity index (χ3v) is 13.1. The zero-order valence-corrected chi connectivity index (χ0v) is 36.8. The number of halogens is 1. The number of nitrogens with one attached hydrogen (secondary N) is 1. The van der Waals surface area contributed by atoms with Crippen molar-refractivity contribution in [2.45, 2.75) is 185 Å². The monoisotopic (exact) mass is 839 g/mol. The Labute approximate surface area is 348 Å². The molecule has 0 aliphatic carbocycles. The number of methoxy groups -OCH3 is 1. The van der Waals surface area contributed by atoms with Crippen molar-refractivity contribution < 1.29 is 62.8 Å². The average Bonchev–Trinajstić information content (AvgIpc) is 3.48. The number of carbonyl (C=O) groups is 1. The van der Waals surface area contributed by atoms with E-state index in [0.717, 1.165) is 0 Å². The molecule has 5 N–H and O–H groups in total. The molecule has 4 fully saturated rings. The first-order valence-corrected chi connectivity index (χ1v) is 21.2. The van der Waals surface area contributed by atoms with Crippen LogP contribution in [0.1, 0.15) is 94.9 Å². The molecular weight excluding hydrogens is 769 g/mol. The Kier molecular flexibility index (Phi) is 15.2. The van der Waals surface area contributed by atoms with Crippen molar-refractivity contribution in [1.82, 2.24) is 10.2 Å². The predicted octanol–water partition coefficient (Wildman–Crippen LogP) is 3.79. The first kappa shape index (κ1) is 47.5. The average molecular weight is 840 g/mol. The molecule has 0 unspecified atom stereocenters. The molecule has 1 aromatic rings. The van der Waals surface area contributed by atoms with E-state index in [-0.39, 0.29) is 43.1 Å². The lowest BCUT2D eigenvalue weighted by Crippen LogP contribution is -2.60. The van der Waals surface area contributed by atoms with E-state index in [0.29, 0.717) is 24.7 Å². The predicted molar refractivity (Wildman–Crippen MR) is 216 cm³/mol. The lowest BCUT2D eigenvalue weighted by atomic mass is 9.77. The minimum Gasteiger partial charge on any atom is -0.459 e. The number of fused-ring (bicyclic) bond motifs is 1. The second kappa shape index (κ2) is 18.9. The van der Waals surface area contributed by atoms with Gasteiger partial charge in [0.25, 0.3) is 6.02 Å². The van der Waals surface area contributed by atoms with E-state index in [1.165, 1.54) is 26.2 Å². The zero-order chi connectivity index (χ0) is 43.8. The van der Waals surface area contributed by atoms with E-state index in [2.05, 4.69) is 10.3 Å². The number of nitrogens with zero attached hydrogens (tertiary/aromatic N) is 2. The molecule has 0 saturated carbocycles. The molecule has 0 spiro atoms. The lowest BCUT2D eigenvalue weighted by Gasteiger charge is -2.48. The Hall–Kier alpha value is -2.51. The number of hydrogen-bond acceptors (Lipinski definition) is 14. The highest BCUT2D eigenvalue weighted by atomic mass is 19.1. The molecule has 59 heavy (non-hydrogen) atoms. The number of hydrogen-bond donors (Lipinski definition) is 5. The highest BCUT2D eigenvalue weighted by Gasteiger charge is 2.54. The summed E-state index contributed by atoms with van der Waals surface area (Å²) in [5.74, 6) is -3.07. The SMILES string of the molecule is CC[C@H]1OC(=O)[C@H](C)[C@@H](O[C@H]2C[C@@](C)(OC)[C@@H](O)[C@H](C)O2)[C@H](C)[C@@H](O[C@@H]2O[C@H](C)C[C@H]3[C@H]2OC(=Nc2ccc(F)cc2)N3C)[C@](C)(O)C[C@@H](C)CN[C@H](C)[C@@H](O)[C@]1(C)O. The normalized spacial score (nSPS) is 46.2. The zero-order valence-electron chi connectivity index (χ0n) is 36.8. The molecule has 336 valence electrons. The number of amidine groups is 1. The first-order chi connectivity index (χ1) is 27.5. The third kappa shape index (κ3) is 10.4. The standard InChI is InChI=1S/C43H70FN3O12/c1-13-31-43(10,52)35(48)26(6)45-21-22(2)19-41(8,51)37(24(4)33(25(5)38(50)56-31)57-32-20-42(9,53-12)36(49)27(7)55-32)59-39-34-30(18-23(3)54-39)47(11)40(58-34)46-29-16-14-28(44)15-17-29/h14-17,22-27,30-37,39,45,48-49,51-52H,13,18-21H2,1-12H3/t22-,23-,24+,25-,26-,27+,30+,31-,32+,33+,34-,35-,36+,37-,39+,41-,42-,43-/m1/s1. The topological polar surface area (TPSA) is 190 Å². The molecule has 4 aliphatic heterocycles. The number of benzene rings is 1. The van der Waals surface area contributed by atoms with Crippen LogP contribution in [0.4, 0.5) is 10.1 Å². The number of esters is 1. The molecule has 0 amide bonds. The van der Waals surface area contributed by atoms with E-state index >= 15 is 0 Å². The molecule has 1 aromatic carbocycles. The van der Waals surface area contributed by atoms with Crippen LogP contribution in [0.2, 0.25) is 0 Å². The molecule has 18 atom stereocenters. The van der Waals surface area contributed by atoms with Gasteiger partial charge in [-0.15, -0.1) is 0 Å². The minimum absolute atomic E-state index is 0.115. The molecule has 5 rings (SSSR count). The van der Waals surface area contributed by atoms with Crippen LogP contribution < -0.4 is 5.32 Å². The summed E-state index contributed by atoms with van der Waals surface area (Å²) in [4.78, 5) is 20.9. The number of aliphatic imine (C=N–C) groups is 1. The van der Waals surface area contributed by atoms with Gasteiger partial charge in [0.1, 0.15) is 29.7 Å². The van der Waals surface area contributed by atoms with Crippen molar-refractivity contribution in [2.24, 2.45) is 22.7 Å². The molecule has 0 radical (unpaired) electrons. The molecule has 4 heterocycles. The third-order valence-electron chi connectivity index (χ3n) is 13.1. The molecule has 4 aliphatic rings. The first-order valence-electron chi connectivity index (χ1n) is 21.2. The van der Waals surface area contributed by atoms with Crippen LogP contribution >= 0.6 is 0 Å².